The molecule has 0 radical (unpaired) electrons. The van der Waals surface area contributed by atoms with Crippen molar-refractivity contribution in [3.8, 4) is 0 Å². The van der Waals surface area contributed by atoms with Gasteiger partial charge in [0.2, 0.25) is 0 Å². The van der Waals surface area contributed by atoms with E-state index in [0.717, 1.165) is 0 Å². The van der Waals surface area contributed by atoms with Crippen molar-refractivity contribution in [3.05, 3.63) is 108 Å². The van der Waals surface area contributed by atoms with Crippen molar-refractivity contribution in [3.63, 3.8) is 0 Å². The van der Waals surface area contributed by atoms with Crippen LogP contribution in [0.15, 0.2) is 91.0 Å². The Morgan fingerprint density at radius 2 is 0.810 bits per heavy atom. The van der Waals surface area contributed by atoms with Gasteiger partial charge in [-0.15, -0.1) is 0 Å². The molecule has 3 aromatic carbocycles. The van der Waals surface area contributed by atoms with Crippen molar-refractivity contribution in [1.82, 2.24) is 0 Å². The van der Waals surface area contributed by atoms with E-state index in [4.69, 9.17) is 1.70 Å². The van der Waals surface area contributed by atoms with Gasteiger partial charge in [-0.3, -0.25) is 0 Å². The molecule has 0 saturated heterocycles. The maximum atomic E-state index is 6.26. The molecular formula is C19H15LaO. The summed E-state index contributed by atoms with van der Waals surface area (Å²) in [6.45, 7) is 0. The molecule has 0 heterocycles. The number of benzene rings is 3. The van der Waals surface area contributed by atoms with E-state index in [1.165, 1.54) is 16.7 Å². The first-order valence-electron chi connectivity index (χ1n) is 6.92. The first-order chi connectivity index (χ1) is 10.4. The Bertz CT molecular complexity index is 584. The molecule has 1 nitrogen and oxygen atoms in total. The van der Waals surface area contributed by atoms with Gasteiger partial charge in [-0.05, 0) is 0 Å². The normalized spacial score (nSPS) is 11.2. The zero-order valence-electron chi connectivity index (χ0n) is 11.6. The molecule has 0 aromatic heterocycles. The third-order valence-corrected chi connectivity index (χ3v) is 4.83. The Morgan fingerprint density at radius 1 is 0.524 bits per heavy atom. The summed E-state index contributed by atoms with van der Waals surface area (Å²) in [4.78, 5) is 0. The molecule has 0 aliphatic heterocycles. The summed E-state index contributed by atoms with van der Waals surface area (Å²) >= 11 is 0.426. The third kappa shape index (κ3) is 2.77. The molecule has 0 atom stereocenters. The van der Waals surface area contributed by atoms with Gasteiger partial charge in [0.1, 0.15) is 0 Å². The molecule has 3 aromatic rings. The zero-order valence-corrected chi connectivity index (χ0v) is 15.3. The second kappa shape index (κ2) is 6.72. The maximum absolute atomic E-state index is 6.26. The topological polar surface area (TPSA) is 9.23 Å². The second-order valence-electron chi connectivity index (χ2n) is 4.90. The molecule has 3 rings (SSSR count). The van der Waals surface area contributed by atoms with Gasteiger partial charge in [0.15, 0.2) is 0 Å². The van der Waals surface area contributed by atoms with E-state index >= 15 is 0 Å². The van der Waals surface area contributed by atoms with E-state index < -0.39 is 5.60 Å². The third-order valence-electron chi connectivity index (χ3n) is 3.72. The van der Waals surface area contributed by atoms with Gasteiger partial charge in [0.25, 0.3) is 0 Å². The van der Waals surface area contributed by atoms with Crippen molar-refractivity contribution >= 4 is 0 Å². The minimum atomic E-state index is -0.506. The summed E-state index contributed by atoms with van der Waals surface area (Å²) in [5.74, 6) is 0. The SMILES string of the molecule is [La][O]C(c1ccccc1)(c1ccccc1)c1ccccc1. The van der Waals surface area contributed by atoms with Gasteiger partial charge in [0.05, 0.1) is 0 Å². The molecule has 100 valence electrons. The standard InChI is InChI=1S/C19H15O.La/c20-19(16-10-4-1-5-11-16,17-12-6-2-7-13-17)18-14-8-3-9-15-18;/h1-15H;/q-1;+1. The van der Waals surface area contributed by atoms with Crippen LogP contribution in [-0.2, 0) is 7.31 Å². The molecule has 2 heteroatoms. The van der Waals surface area contributed by atoms with Gasteiger partial charge >= 0.3 is 149 Å². The second-order valence-corrected chi connectivity index (χ2v) is 5.64. The van der Waals surface area contributed by atoms with Gasteiger partial charge in [-0.2, -0.15) is 0 Å². The summed E-state index contributed by atoms with van der Waals surface area (Å²) in [6, 6.07) is 31.4. The molecule has 0 bridgehead atoms. The molecule has 0 aliphatic carbocycles. The van der Waals surface area contributed by atoms with Crippen LogP contribution in [-0.4, -0.2) is 0 Å². The van der Waals surface area contributed by atoms with Gasteiger partial charge < -0.3 is 0 Å². The first kappa shape index (κ1) is 14.7. The molecule has 0 fully saturated rings. The van der Waals surface area contributed by atoms with Crippen LogP contribution in [0.3, 0.4) is 0 Å². The summed E-state index contributed by atoms with van der Waals surface area (Å²) in [5, 5.41) is 0. The Morgan fingerprint density at radius 3 is 1.05 bits per heavy atom. The van der Waals surface area contributed by atoms with Crippen LogP contribution in [0, 0.1) is 34.3 Å². The molecule has 0 N–H and O–H groups in total. The van der Waals surface area contributed by atoms with Crippen LogP contribution < -0.4 is 0 Å². The van der Waals surface area contributed by atoms with Gasteiger partial charge in [-0.1, -0.05) is 0 Å². The average Bonchev–Trinajstić information content (AvgIpc) is 2.59. The van der Waals surface area contributed by atoms with E-state index in [1.54, 1.807) is 0 Å². The zero-order chi connectivity index (χ0) is 14.5. The monoisotopic (exact) mass is 398 g/mol. The number of hydrogen-bond acceptors (Lipinski definition) is 1. The minimum absolute atomic E-state index is 0.426. The molecule has 0 aliphatic rings. The van der Waals surface area contributed by atoms with E-state index in [-0.39, 0.29) is 0 Å². The predicted molar refractivity (Wildman–Crippen MR) is 80.3 cm³/mol. The van der Waals surface area contributed by atoms with Gasteiger partial charge in [0, 0.05) is 0 Å². The summed E-state index contributed by atoms with van der Waals surface area (Å²) in [7, 11) is 0. The predicted octanol–water partition coefficient (Wildman–Crippen LogP) is 4.46. The molecular weight excluding hydrogens is 383 g/mol. The molecule has 0 amide bonds. The van der Waals surface area contributed by atoms with Gasteiger partial charge in [-0.25, -0.2) is 0 Å². The first-order valence-corrected chi connectivity index (χ1v) is 8.40. The van der Waals surface area contributed by atoms with Crippen LogP contribution in [0.1, 0.15) is 16.7 Å². The fourth-order valence-electron chi connectivity index (χ4n) is 2.72. The van der Waals surface area contributed by atoms with E-state index in [0.29, 0.717) is 34.3 Å². The van der Waals surface area contributed by atoms with Crippen LogP contribution in [0.2, 0.25) is 0 Å². The average molecular weight is 398 g/mol. The Hall–Kier alpha value is -1.19. The Balaban J connectivity index is 2.29. The van der Waals surface area contributed by atoms with E-state index in [2.05, 4.69) is 72.8 Å². The van der Waals surface area contributed by atoms with E-state index in [1.807, 2.05) is 18.2 Å². The molecule has 0 unspecified atom stereocenters. The summed E-state index contributed by atoms with van der Waals surface area (Å²) in [5.41, 5.74) is 3.01. The fraction of sp³-hybridized carbons (Fsp3) is 0.0526. The number of hydrogen-bond donors (Lipinski definition) is 0. The van der Waals surface area contributed by atoms with Crippen molar-refractivity contribution in [2.45, 2.75) is 5.60 Å². The van der Waals surface area contributed by atoms with Crippen molar-refractivity contribution < 1.29 is 36.0 Å². The van der Waals surface area contributed by atoms with Crippen LogP contribution in [0.5, 0.6) is 0 Å². The fourth-order valence-corrected chi connectivity index (χ4v) is 4.00. The van der Waals surface area contributed by atoms with Crippen molar-refractivity contribution in [2.24, 2.45) is 0 Å². The molecule has 0 saturated carbocycles. The van der Waals surface area contributed by atoms with E-state index in [9.17, 15) is 0 Å². The van der Waals surface area contributed by atoms with Crippen molar-refractivity contribution in [1.29, 1.82) is 0 Å². The Kier molecular flexibility index (Phi) is 4.71. The molecule has 0 spiro atoms. The van der Waals surface area contributed by atoms with Crippen molar-refractivity contribution in [2.75, 3.05) is 0 Å². The van der Waals surface area contributed by atoms with Crippen LogP contribution >= 0.6 is 0 Å². The van der Waals surface area contributed by atoms with Crippen LogP contribution in [0.4, 0.5) is 0 Å². The Labute approximate surface area is 148 Å². The van der Waals surface area contributed by atoms with Crippen LogP contribution in [0.25, 0.3) is 0 Å². The summed E-state index contributed by atoms with van der Waals surface area (Å²) in [6.07, 6.45) is 0. The summed E-state index contributed by atoms with van der Waals surface area (Å²) < 4.78 is 6.26. The number of rotatable bonds is 4. The molecule has 21 heavy (non-hydrogen) atoms. The quantitative estimate of drug-likeness (QED) is 0.590.